The number of ether oxygens (including phenoxy) is 4. The third-order valence-electron chi connectivity index (χ3n) is 4.06. The fourth-order valence-corrected chi connectivity index (χ4v) is 2.61. The maximum atomic E-state index is 6.09. The number of benzene rings is 1. The van der Waals surface area contributed by atoms with Gasteiger partial charge in [0.1, 0.15) is 5.75 Å². The Morgan fingerprint density at radius 1 is 1.33 bits per heavy atom. The SMILES string of the molecule is CCC(N)Cc1cc2c(cc1OCC1CCOC1)OCO2. The number of hydrogen-bond acceptors (Lipinski definition) is 5. The first-order valence-electron chi connectivity index (χ1n) is 7.65. The van der Waals surface area contributed by atoms with Crippen molar-refractivity contribution in [2.24, 2.45) is 11.7 Å². The van der Waals surface area contributed by atoms with Crippen LogP contribution in [0.4, 0.5) is 0 Å². The smallest absolute Gasteiger partial charge is 0.231 e. The summed E-state index contributed by atoms with van der Waals surface area (Å²) < 4.78 is 22.3. The first kappa shape index (κ1) is 14.5. The summed E-state index contributed by atoms with van der Waals surface area (Å²) in [6.45, 7) is 4.66. The lowest BCUT2D eigenvalue weighted by atomic mass is 10.0. The Balaban J connectivity index is 1.75. The van der Waals surface area contributed by atoms with Crippen LogP contribution in [0, 0.1) is 5.92 Å². The van der Waals surface area contributed by atoms with Crippen molar-refractivity contribution in [3.8, 4) is 17.2 Å². The van der Waals surface area contributed by atoms with Crippen LogP contribution in [-0.4, -0.2) is 32.7 Å². The van der Waals surface area contributed by atoms with Crippen molar-refractivity contribution in [2.75, 3.05) is 26.6 Å². The lowest BCUT2D eigenvalue weighted by Crippen LogP contribution is -2.22. The second-order valence-electron chi connectivity index (χ2n) is 5.73. The van der Waals surface area contributed by atoms with Crippen LogP contribution >= 0.6 is 0 Å². The maximum absolute atomic E-state index is 6.09. The number of hydrogen-bond donors (Lipinski definition) is 1. The molecular weight excluding hydrogens is 270 g/mol. The standard InChI is InChI=1S/C16H23NO4/c1-2-13(17)5-12-6-15-16(21-10-20-15)7-14(12)19-9-11-3-4-18-8-11/h6-7,11,13H,2-5,8-10,17H2,1H3. The summed E-state index contributed by atoms with van der Waals surface area (Å²) in [5, 5.41) is 0. The molecule has 0 spiro atoms. The van der Waals surface area contributed by atoms with Crippen molar-refractivity contribution in [3.63, 3.8) is 0 Å². The molecule has 2 aliphatic heterocycles. The van der Waals surface area contributed by atoms with Gasteiger partial charge in [0, 0.05) is 24.6 Å². The minimum absolute atomic E-state index is 0.127. The molecule has 5 heteroatoms. The van der Waals surface area contributed by atoms with E-state index in [1.807, 2.05) is 12.1 Å². The van der Waals surface area contributed by atoms with E-state index < -0.39 is 0 Å². The van der Waals surface area contributed by atoms with Crippen LogP contribution in [0.3, 0.4) is 0 Å². The summed E-state index contributed by atoms with van der Waals surface area (Å²) in [6, 6.07) is 4.05. The van der Waals surface area contributed by atoms with Gasteiger partial charge in [-0.15, -0.1) is 0 Å². The zero-order valence-electron chi connectivity index (χ0n) is 12.5. The molecule has 0 aliphatic carbocycles. The van der Waals surface area contributed by atoms with Crippen molar-refractivity contribution < 1.29 is 18.9 Å². The number of rotatable bonds is 6. The number of nitrogens with two attached hydrogens (primary N) is 1. The maximum Gasteiger partial charge on any atom is 0.231 e. The lowest BCUT2D eigenvalue weighted by Gasteiger charge is -2.17. The van der Waals surface area contributed by atoms with Gasteiger partial charge in [-0.2, -0.15) is 0 Å². The monoisotopic (exact) mass is 293 g/mol. The van der Waals surface area contributed by atoms with E-state index in [4.69, 9.17) is 24.7 Å². The highest BCUT2D eigenvalue weighted by Gasteiger charge is 2.21. The van der Waals surface area contributed by atoms with Crippen LogP contribution in [0.5, 0.6) is 17.2 Å². The zero-order chi connectivity index (χ0) is 14.7. The first-order valence-corrected chi connectivity index (χ1v) is 7.65. The minimum atomic E-state index is 0.127. The first-order chi connectivity index (χ1) is 10.3. The summed E-state index contributed by atoms with van der Waals surface area (Å²) in [6.07, 6.45) is 2.78. The highest BCUT2D eigenvalue weighted by atomic mass is 16.7. The van der Waals surface area contributed by atoms with Crippen LogP contribution in [-0.2, 0) is 11.2 Å². The van der Waals surface area contributed by atoms with E-state index in [2.05, 4.69) is 6.92 Å². The molecule has 0 amide bonds. The quantitative estimate of drug-likeness (QED) is 0.870. The van der Waals surface area contributed by atoms with E-state index in [-0.39, 0.29) is 12.8 Å². The van der Waals surface area contributed by atoms with E-state index in [9.17, 15) is 0 Å². The fourth-order valence-electron chi connectivity index (χ4n) is 2.61. The Bertz CT molecular complexity index is 485. The molecule has 1 aromatic rings. The molecule has 2 N–H and O–H groups in total. The second-order valence-corrected chi connectivity index (χ2v) is 5.73. The molecule has 5 nitrogen and oxygen atoms in total. The molecule has 0 saturated carbocycles. The molecule has 2 atom stereocenters. The summed E-state index contributed by atoms with van der Waals surface area (Å²) in [5.41, 5.74) is 7.18. The van der Waals surface area contributed by atoms with Crippen molar-refractivity contribution in [3.05, 3.63) is 17.7 Å². The normalized spacial score (nSPS) is 21.5. The van der Waals surface area contributed by atoms with Crippen molar-refractivity contribution in [1.82, 2.24) is 0 Å². The van der Waals surface area contributed by atoms with Gasteiger partial charge in [0.15, 0.2) is 11.5 Å². The Morgan fingerprint density at radius 2 is 2.14 bits per heavy atom. The lowest BCUT2D eigenvalue weighted by molar-refractivity contribution is 0.166. The van der Waals surface area contributed by atoms with Crippen LogP contribution in [0.25, 0.3) is 0 Å². The largest absolute Gasteiger partial charge is 0.493 e. The predicted octanol–water partition coefficient (Wildman–Crippen LogP) is 2.11. The fraction of sp³-hybridized carbons (Fsp3) is 0.625. The molecule has 0 radical (unpaired) electrons. The van der Waals surface area contributed by atoms with Crippen molar-refractivity contribution in [1.29, 1.82) is 0 Å². The third-order valence-corrected chi connectivity index (χ3v) is 4.06. The topological polar surface area (TPSA) is 62.9 Å². The Kier molecular flexibility index (Phi) is 4.51. The summed E-state index contributed by atoms with van der Waals surface area (Å²) >= 11 is 0. The summed E-state index contributed by atoms with van der Waals surface area (Å²) in [4.78, 5) is 0. The Labute approximate surface area is 125 Å². The average Bonchev–Trinajstić information content (AvgIpc) is 3.15. The van der Waals surface area contributed by atoms with E-state index in [1.54, 1.807) is 0 Å². The average molecular weight is 293 g/mol. The van der Waals surface area contributed by atoms with E-state index in [0.29, 0.717) is 12.5 Å². The van der Waals surface area contributed by atoms with Crippen LogP contribution in [0.2, 0.25) is 0 Å². The van der Waals surface area contributed by atoms with Gasteiger partial charge in [-0.1, -0.05) is 6.92 Å². The van der Waals surface area contributed by atoms with Gasteiger partial charge in [-0.25, -0.2) is 0 Å². The molecule has 21 heavy (non-hydrogen) atoms. The van der Waals surface area contributed by atoms with Crippen molar-refractivity contribution in [2.45, 2.75) is 32.2 Å². The van der Waals surface area contributed by atoms with Gasteiger partial charge in [0.2, 0.25) is 6.79 Å². The van der Waals surface area contributed by atoms with E-state index in [1.165, 1.54) is 0 Å². The molecule has 1 saturated heterocycles. The molecule has 2 heterocycles. The Morgan fingerprint density at radius 3 is 2.86 bits per heavy atom. The summed E-state index contributed by atoms with van der Waals surface area (Å²) in [5.74, 6) is 2.87. The molecular formula is C16H23NO4. The molecule has 1 aromatic carbocycles. The predicted molar refractivity (Wildman–Crippen MR) is 79.0 cm³/mol. The molecule has 3 rings (SSSR count). The molecule has 0 aromatic heterocycles. The van der Waals surface area contributed by atoms with Gasteiger partial charge in [-0.05, 0) is 30.9 Å². The molecule has 2 unspecified atom stereocenters. The molecule has 0 bridgehead atoms. The van der Waals surface area contributed by atoms with Crippen LogP contribution in [0.15, 0.2) is 12.1 Å². The number of fused-ring (bicyclic) bond motifs is 1. The van der Waals surface area contributed by atoms with E-state index >= 15 is 0 Å². The summed E-state index contributed by atoms with van der Waals surface area (Å²) in [7, 11) is 0. The second kappa shape index (κ2) is 6.54. The molecule has 2 aliphatic rings. The van der Waals surface area contributed by atoms with Gasteiger partial charge in [0.05, 0.1) is 13.2 Å². The highest BCUT2D eigenvalue weighted by Crippen LogP contribution is 2.39. The highest BCUT2D eigenvalue weighted by molar-refractivity contribution is 5.52. The molecule has 116 valence electrons. The Hall–Kier alpha value is -1.46. The zero-order valence-corrected chi connectivity index (χ0v) is 12.5. The molecule has 1 fully saturated rings. The van der Waals surface area contributed by atoms with Crippen LogP contribution in [0.1, 0.15) is 25.3 Å². The van der Waals surface area contributed by atoms with Gasteiger partial charge in [0.25, 0.3) is 0 Å². The minimum Gasteiger partial charge on any atom is -0.493 e. The van der Waals surface area contributed by atoms with E-state index in [0.717, 1.165) is 55.3 Å². The van der Waals surface area contributed by atoms with Crippen molar-refractivity contribution >= 4 is 0 Å². The van der Waals surface area contributed by atoms with Gasteiger partial charge < -0.3 is 24.7 Å². The van der Waals surface area contributed by atoms with Crippen LogP contribution < -0.4 is 19.9 Å². The van der Waals surface area contributed by atoms with Gasteiger partial charge in [-0.3, -0.25) is 0 Å². The third kappa shape index (κ3) is 3.41. The van der Waals surface area contributed by atoms with Gasteiger partial charge >= 0.3 is 0 Å².